The van der Waals surface area contributed by atoms with Crippen molar-refractivity contribution >= 4 is 17.1 Å². The fraction of sp³-hybridized carbons (Fsp3) is 0.288. The van der Waals surface area contributed by atoms with Gasteiger partial charge in [0.1, 0.15) is 53.3 Å². The molecule has 0 radical (unpaired) electrons. The van der Waals surface area contributed by atoms with Gasteiger partial charge in [0.15, 0.2) is 0 Å². The van der Waals surface area contributed by atoms with Crippen LogP contribution in [0.5, 0.6) is 11.6 Å². The zero-order chi connectivity index (χ0) is 44.7. The second-order valence-corrected chi connectivity index (χ2v) is 16.7. The number of carbonyl (C=O) groups excluding carboxylic acids is 1. The zero-order valence-electron chi connectivity index (χ0n) is 36.7. The quantitative estimate of drug-likeness (QED) is 0.0940. The number of methoxy groups -OCH3 is 2. The molecule has 8 rings (SSSR count). The number of nitrogens with zero attached hydrogens (tertiary/aromatic N) is 4. The molecule has 12 nitrogen and oxygen atoms in total. The first-order valence-electron chi connectivity index (χ1n) is 21.3. The molecule has 64 heavy (non-hydrogen) atoms. The molecular formula is C52H54N4O8. The van der Waals surface area contributed by atoms with Crippen molar-refractivity contribution in [3.05, 3.63) is 191 Å². The summed E-state index contributed by atoms with van der Waals surface area (Å²) in [5.74, 6) is 1.02. The van der Waals surface area contributed by atoms with Crippen LogP contribution in [0.1, 0.15) is 60.2 Å². The Bertz CT molecular complexity index is 2490. The average molecular weight is 863 g/mol. The molecule has 0 spiro atoms. The molecule has 1 saturated heterocycles. The molecule has 0 aliphatic carbocycles. The Kier molecular flexibility index (Phi) is 13.4. The van der Waals surface area contributed by atoms with Crippen molar-refractivity contribution in [2.24, 2.45) is 0 Å². The number of ether oxygens (including phenoxy) is 6. The summed E-state index contributed by atoms with van der Waals surface area (Å²) in [5, 5.41) is 12.9. The first-order chi connectivity index (χ1) is 31.1. The van der Waals surface area contributed by atoms with Gasteiger partial charge in [0.25, 0.3) is 0 Å². The molecule has 1 aliphatic heterocycles. The van der Waals surface area contributed by atoms with E-state index in [1.54, 1.807) is 19.1 Å². The predicted molar refractivity (Wildman–Crippen MR) is 243 cm³/mol. The summed E-state index contributed by atoms with van der Waals surface area (Å²) < 4.78 is 39.7. The van der Waals surface area contributed by atoms with Crippen LogP contribution in [-0.2, 0) is 44.5 Å². The summed E-state index contributed by atoms with van der Waals surface area (Å²) in [6, 6.07) is 45.4. The van der Waals surface area contributed by atoms with E-state index in [0.717, 1.165) is 27.8 Å². The van der Waals surface area contributed by atoms with Crippen LogP contribution in [0.25, 0.3) is 11.0 Å². The molecule has 1 amide bonds. The molecule has 7 aromatic rings. The van der Waals surface area contributed by atoms with Gasteiger partial charge in [-0.05, 0) is 60.7 Å². The Morgan fingerprint density at radius 1 is 0.703 bits per heavy atom. The standard InChI is InChI=1S/C52H54N4O8/c1-51(2,3)64-50(58)56-43(33-63-52(38-20-12-7-13-21-38,39-22-14-8-15-23-39)40-24-16-9-17-25-40)47(57)48(62-32-37-26-28-41(59-4)29-27-37)45(56)42-30-55(35-61-31-36-18-10-6-11-19-36)46-44(42)53-34-54-49(46)60-5/h6-30,34,43,45,47-48,57H,31-33,35H2,1-5H3. The number of carbonyl (C=O) groups is 1. The number of hydrogen-bond acceptors (Lipinski definition) is 10. The first kappa shape index (κ1) is 44.1. The molecular weight excluding hydrogens is 809 g/mol. The van der Waals surface area contributed by atoms with Crippen molar-refractivity contribution in [2.45, 2.75) is 76.2 Å². The van der Waals surface area contributed by atoms with Gasteiger partial charge in [0, 0.05) is 11.8 Å². The number of amides is 1. The zero-order valence-corrected chi connectivity index (χ0v) is 36.7. The van der Waals surface area contributed by atoms with Gasteiger partial charge in [-0.2, -0.15) is 4.98 Å². The van der Waals surface area contributed by atoms with Crippen LogP contribution in [-0.4, -0.2) is 75.3 Å². The van der Waals surface area contributed by atoms with Crippen LogP contribution in [0, 0.1) is 0 Å². The third-order valence-electron chi connectivity index (χ3n) is 11.4. The highest BCUT2D eigenvalue weighted by atomic mass is 16.6. The third-order valence-corrected chi connectivity index (χ3v) is 11.4. The Balaban J connectivity index is 1.27. The molecule has 1 fully saturated rings. The summed E-state index contributed by atoms with van der Waals surface area (Å²) in [7, 11) is 3.16. The third kappa shape index (κ3) is 9.22. The normalized spacial score (nSPS) is 17.7. The highest BCUT2D eigenvalue weighted by Gasteiger charge is 2.55. The van der Waals surface area contributed by atoms with Crippen molar-refractivity contribution in [3.63, 3.8) is 0 Å². The predicted octanol–water partition coefficient (Wildman–Crippen LogP) is 9.24. The van der Waals surface area contributed by atoms with Crippen molar-refractivity contribution in [1.29, 1.82) is 0 Å². The minimum Gasteiger partial charge on any atom is -0.497 e. The fourth-order valence-electron chi connectivity index (χ4n) is 8.52. The summed E-state index contributed by atoms with van der Waals surface area (Å²) >= 11 is 0. The van der Waals surface area contributed by atoms with E-state index in [0.29, 0.717) is 34.8 Å². The van der Waals surface area contributed by atoms with Gasteiger partial charge in [-0.3, -0.25) is 4.90 Å². The summed E-state index contributed by atoms with van der Waals surface area (Å²) in [5.41, 5.74) is 4.02. The van der Waals surface area contributed by atoms with E-state index < -0.39 is 41.6 Å². The molecule has 4 unspecified atom stereocenters. The summed E-state index contributed by atoms with van der Waals surface area (Å²) in [6.45, 7) is 5.87. The molecule has 12 heteroatoms. The highest BCUT2D eigenvalue weighted by molar-refractivity contribution is 5.85. The SMILES string of the molecule is COc1ccc(COC2C(O)C(COC(c3ccccc3)(c3ccccc3)c3ccccc3)N(C(=O)OC(C)(C)C)C2c2cn(COCc3ccccc3)c3c(OC)ncnc23)cc1. The van der Waals surface area contributed by atoms with E-state index in [9.17, 15) is 9.90 Å². The summed E-state index contributed by atoms with van der Waals surface area (Å²) in [4.78, 5) is 25.8. The Labute approximate surface area is 373 Å². The van der Waals surface area contributed by atoms with Crippen LogP contribution in [0.4, 0.5) is 4.79 Å². The lowest BCUT2D eigenvalue weighted by molar-refractivity contribution is -0.0611. The maximum absolute atomic E-state index is 15.0. The number of hydrogen-bond donors (Lipinski definition) is 1. The van der Waals surface area contributed by atoms with Gasteiger partial charge >= 0.3 is 6.09 Å². The van der Waals surface area contributed by atoms with Crippen LogP contribution >= 0.6 is 0 Å². The van der Waals surface area contributed by atoms with Crippen molar-refractivity contribution in [3.8, 4) is 11.6 Å². The lowest BCUT2D eigenvalue weighted by Crippen LogP contribution is -2.47. The minimum absolute atomic E-state index is 0.106. The van der Waals surface area contributed by atoms with Crippen molar-refractivity contribution < 1.29 is 38.3 Å². The van der Waals surface area contributed by atoms with Crippen molar-refractivity contribution in [2.75, 3.05) is 20.8 Å². The lowest BCUT2D eigenvalue weighted by Gasteiger charge is -2.39. The fourth-order valence-corrected chi connectivity index (χ4v) is 8.52. The molecule has 5 aromatic carbocycles. The minimum atomic E-state index is -1.28. The second kappa shape index (κ2) is 19.4. The molecule has 1 aliphatic rings. The molecule has 3 heterocycles. The van der Waals surface area contributed by atoms with E-state index in [4.69, 9.17) is 33.4 Å². The topological polar surface area (TPSA) is 127 Å². The van der Waals surface area contributed by atoms with Gasteiger partial charge < -0.3 is 38.1 Å². The number of likely N-dealkylation sites (tertiary alicyclic amines) is 1. The van der Waals surface area contributed by atoms with Crippen LogP contribution < -0.4 is 9.47 Å². The van der Waals surface area contributed by atoms with E-state index in [1.807, 2.05) is 177 Å². The number of benzene rings is 5. The van der Waals surface area contributed by atoms with E-state index >= 15 is 0 Å². The molecule has 330 valence electrons. The lowest BCUT2D eigenvalue weighted by atomic mass is 9.80. The van der Waals surface area contributed by atoms with Gasteiger partial charge in [-0.1, -0.05) is 133 Å². The van der Waals surface area contributed by atoms with Gasteiger partial charge in [-0.15, -0.1) is 0 Å². The van der Waals surface area contributed by atoms with Gasteiger partial charge in [0.2, 0.25) is 5.88 Å². The molecule has 4 atom stereocenters. The van der Waals surface area contributed by atoms with Crippen LogP contribution in [0.3, 0.4) is 0 Å². The monoisotopic (exact) mass is 862 g/mol. The second-order valence-electron chi connectivity index (χ2n) is 16.7. The highest BCUT2D eigenvalue weighted by Crippen LogP contribution is 2.46. The Morgan fingerprint density at radius 3 is 1.81 bits per heavy atom. The Morgan fingerprint density at radius 2 is 1.27 bits per heavy atom. The maximum atomic E-state index is 15.0. The molecule has 0 bridgehead atoms. The van der Waals surface area contributed by atoms with Crippen LogP contribution in [0.15, 0.2) is 158 Å². The molecule has 2 aromatic heterocycles. The maximum Gasteiger partial charge on any atom is 0.411 e. The number of rotatable bonds is 16. The van der Waals surface area contributed by atoms with E-state index in [1.165, 1.54) is 6.33 Å². The summed E-state index contributed by atoms with van der Waals surface area (Å²) in [6.07, 6.45) is 0.342. The molecule has 1 N–H and O–H groups in total. The largest absolute Gasteiger partial charge is 0.497 e. The Hall–Kier alpha value is -6.57. The number of aliphatic hydroxyl groups excluding tert-OH is 1. The number of fused-ring (bicyclic) bond motifs is 1. The van der Waals surface area contributed by atoms with Gasteiger partial charge in [-0.25, -0.2) is 9.78 Å². The van der Waals surface area contributed by atoms with E-state index in [-0.39, 0.29) is 19.9 Å². The smallest absolute Gasteiger partial charge is 0.411 e. The van der Waals surface area contributed by atoms with Crippen LogP contribution in [0.2, 0.25) is 0 Å². The van der Waals surface area contributed by atoms with Crippen molar-refractivity contribution in [1.82, 2.24) is 19.4 Å². The molecule has 0 saturated carbocycles. The van der Waals surface area contributed by atoms with E-state index in [2.05, 4.69) is 4.98 Å². The van der Waals surface area contributed by atoms with Gasteiger partial charge in [0.05, 0.1) is 46.1 Å². The number of aromatic nitrogens is 3. The first-order valence-corrected chi connectivity index (χ1v) is 21.3. The number of aliphatic hydroxyl groups is 1. The average Bonchev–Trinajstić information content (AvgIpc) is 3.83.